The van der Waals surface area contributed by atoms with E-state index in [2.05, 4.69) is 247 Å². The molecule has 5 aliphatic rings. The maximum Gasteiger partial charge on any atom is 0.264 e. The van der Waals surface area contributed by atoms with E-state index in [0.717, 1.165) is 6.42 Å². The number of rotatable bonds is 3. The Labute approximate surface area is 454 Å². The smallest absolute Gasteiger partial charge is 0.264 e. The number of fused-ring (bicyclic) bond motifs is 10. The largest absolute Gasteiger partial charge is 0.311 e. The van der Waals surface area contributed by atoms with Crippen LogP contribution in [0.3, 0.4) is 0 Å². The van der Waals surface area contributed by atoms with Crippen LogP contribution in [0, 0.1) is 6.92 Å². The Kier molecular flexibility index (Phi) is 10.3. The van der Waals surface area contributed by atoms with Gasteiger partial charge in [-0.25, -0.2) is 0 Å². The first-order valence-electron chi connectivity index (χ1n) is 28.5. The minimum atomic E-state index is -0.0413. The first kappa shape index (κ1) is 49.0. The molecule has 3 aliphatic carbocycles. The molecule has 0 bridgehead atoms. The number of hydrogen-bond acceptors (Lipinski definition) is 3. The summed E-state index contributed by atoms with van der Waals surface area (Å²) in [5.41, 5.74) is 25.4. The summed E-state index contributed by atoms with van der Waals surface area (Å²) in [4.78, 5) is 5.52. The molecule has 0 radical (unpaired) electrons. The van der Waals surface area contributed by atoms with Gasteiger partial charge in [-0.05, 0) is 210 Å². The van der Waals surface area contributed by atoms with Gasteiger partial charge >= 0.3 is 0 Å². The molecule has 8 aromatic rings. The van der Waals surface area contributed by atoms with Crippen LogP contribution in [-0.2, 0) is 37.9 Å². The molecule has 0 unspecified atom stereocenters. The van der Waals surface area contributed by atoms with E-state index in [1.54, 1.807) is 0 Å². The van der Waals surface area contributed by atoms with Gasteiger partial charge in [0.25, 0.3) is 6.71 Å². The third-order valence-corrected chi connectivity index (χ3v) is 21.2. The van der Waals surface area contributed by atoms with Gasteiger partial charge in [-0.3, -0.25) is 0 Å². The molecule has 4 heteroatoms. The molecule has 2 nitrogen and oxygen atoms in total. The minimum Gasteiger partial charge on any atom is -0.311 e. The second-order valence-corrected chi connectivity index (χ2v) is 30.1. The standard InChI is InChI=1S/C71H79BN2S/c1-42-34-59-62-60(35-42)74(57-27-24-44(65(2,3)4)36-48(57)47-23-19-21-43-20-17-18-22-46(43)47)58-40-54-53(69(11,12)31-32-70(54,13)14)39-56(58)72(62)64-63(49-38-52-55(41-61(49)75-64)71(15,16)33-30-68(52,9)10)73(59)45-25-26-50-51(37-45)67(7,8)29-28-66(50,5)6/h17-27,34-41H,28-33H2,1-16H3. The van der Waals surface area contributed by atoms with Gasteiger partial charge in [-0.2, -0.15) is 0 Å². The van der Waals surface area contributed by atoms with Crippen LogP contribution in [0.25, 0.3) is 32.0 Å². The zero-order valence-corrected chi connectivity index (χ0v) is 48.9. The Morgan fingerprint density at radius 1 is 0.453 bits per heavy atom. The van der Waals surface area contributed by atoms with Crippen LogP contribution in [0.15, 0.2) is 115 Å². The van der Waals surface area contributed by atoms with Gasteiger partial charge in [-0.1, -0.05) is 165 Å². The molecule has 0 amide bonds. The topological polar surface area (TPSA) is 6.48 Å². The summed E-state index contributed by atoms with van der Waals surface area (Å²) in [6, 6.07) is 46.9. The lowest BCUT2D eigenvalue weighted by Crippen LogP contribution is -2.61. The van der Waals surface area contributed by atoms with Gasteiger partial charge in [0, 0.05) is 43.2 Å². The summed E-state index contributed by atoms with van der Waals surface area (Å²) in [6.45, 7) is 39.4. The van der Waals surface area contributed by atoms with Crippen LogP contribution in [-0.4, -0.2) is 6.71 Å². The van der Waals surface area contributed by atoms with Crippen molar-refractivity contribution in [2.24, 2.45) is 0 Å². The van der Waals surface area contributed by atoms with Gasteiger partial charge in [0.1, 0.15) is 0 Å². The van der Waals surface area contributed by atoms with Crippen LogP contribution in [0.1, 0.15) is 187 Å². The Morgan fingerprint density at radius 3 is 1.64 bits per heavy atom. The lowest BCUT2D eigenvalue weighted by molar-refractivity contribution is 0.332. The second kappa shape index (κ2) is 15.8. The van der Waals surface area contributed by atoms with Gasteiger partial charge in [0.05, 0.1) is 11.4 Å². The van der Waals surface area contributed by atoms with Crippen molar-refractivity contribution in [1.29, 1.82) is 0 Å². The quantitative estimate of drug-likeness (QED) is 0.163. The van der Waals surface area contributed by atoms with Crippen LogP contribution in [0.4, 0.5) is 34.1 Å². The van der Waals surface area contributed by atoms with E-state index in [4.69, 9.17) is 0 Å². The molecule has 2 aliphatic heterocycles. The Morgan fingerprint density at radius 2 is 1.00 bits per heavy atom. The lowest BCUT2D eigenvalue weighted by atomic mass is 9.35. The Bertz CT molecular complexity index is 3750. The van der Waals surface area contributed by atoms with E-state index < -0.39 is 0 Å². The summed E-state index contributed by atoms with van der Waals surface area (Å²) < 4.78 is 2.89. The molecule has 75 heavy (non-hydrogen) atoms. The van der Waals surface area contributed by atoms with E-state index in [9.17, 15) is 0 Å². The summed E-state index contributed by atoms with van der Waals surface area (Å²) in [7, 11) is 0. The molecule has 13 rings (SSSR count). The first-order valence-corrected chi connectivity index (χ1v) is 29.3. The highest BCUT2D eigenvalue weighted by molar-refractivity contribution is 7.33. The van der Waals surface area contributed by atoms with E-state index >= 15 is 0 Å². The number of thiophene rings is 1. The van der Waals surface area contributed by atoms with Crippen LogP contribution in [0.2, 0.25) is 0 Å². The summed E-state index contributed by atoms with van der Waals surface area (Å²) >= 11 is 2.09. The number of anilines is 6. The maximum absolute atomic E-state index is 2.77. The SMILES string of the molecule is Cc1cc2c3c(c1)N(c1ccc4c(c1)C(C)(C)CCC4(C)C)c1c(sc4cc5c(cc14)C(C)(C)CCC5(C)C)B3c1cc3c(cc1N2c1ccc(C(C)(C)C)cc1-c1cccc2ccccc12)C(C)(C)CCC3(C)C. The molecule has 0 saturated heterocycles. The van der Waals surface area contributed by atoms with Crippen molar-refractivity contribution in [3.63, 3.8) is 0 Å². The van der Waals surface area contributed by atoms with Gasteiger partial charge in [-0.15, -0.1) is 11.3 Å². The fraction of sp³-hybridized carbons (Fsp3) is 0.408. The normalized spacial score (nSPS) is 20.0. The third kappa shape index (κ3) is 7.22. The molecule has 0 N–H and O–H groups in total. The van der Waals surface area contributed by atoms with E-state index in [1.807, 2.05) is 0 Å². The molecular formula is C71H79BN2S. The average molecular weight is 1000 g/mol. The fourth-order valence-electron chi connectivity index (χ4n) is 14.9. The van der Waals surface area contributed by atoms with E-state index in [1.165, 1.54) is 158 Å². The molecule has 0 spiro atoms. The highest BCUT2D eigenvalue weighted by Gasteiger charge is 2.49. The Hall–Kier alpha value is -5.58. The van der Waals surface area contributed by atoms with Crippen LogP contribution in [0.5, 0.6) is 0 Å². The second-order valence-electron chi connectivity index (χ2n) is 29.0. The molecule has 0 saturated carbocycles. The first-order chi connectivity index (χ1) is 35.2. The number of benzene rings is 7. The number of hydrogen-bond donors (Lipinski definition) is 0. The summed E-state index contributed by atoms with van der Waals surface area (Å²) in [5, 5.41) is 3.96. The van der Waals surface area contributed by atoms with E-state index in [-0.39, 0.29) is 44.6 Å². The van der Waals surface area contributed by atoms with Crippen molar-refractivity contribution < 1.29 is 0 Å². The number of aryl methyl sites for hydroxylation is 1. The van der Waals surface area contributed by atoms with Crippen molar-refractivity contribution in [2.75, 3.05) is 9.80 Å². The molecule has 1 aromatic heterocycles. The molecular weight excluding hydrogens is 924 g/mol. The van der Waals surface area contributed by atoms with Crippen molar-refractivity contribution in [1.82, 2.24) is 0 Å². The molecule has 3 heterocycles. The lowest BCUT2D eigenvalue weighted by Gasteiger charge is -2.47. The summed E-state index contributed by atoms with van der Waals surface area (Å²) in [5.74, 6) is 0. The van der Waals surface area contributed by atoms with Crippen LogP contribution < -0.4 is 25.5 Å². The molecule has 0 atom stereocenters. The predicted octanol–water partition coefficient (Wildman–Crippen LogP) is 18.5. The van der Waals surface area contributed by atoms with Gasteiger partial charge in [0.2, 0.25) is 0 Å². The van der Waals surface area contributed by atoms with Crippen molar-refractivity contribution >= 4 is 88.7 Å². The average Bonchev–Trinajstić information content (AvgIpc) is 3.80. The monoisotopic (exact) mass is 1000 g/mol. The highest BCUT2D eigenvalue weighted by atomic mass is 32.1. The molecule has 0 fully saturated rings. The van der Waals surface area contributed by atoms with E-state index in [0.29, 0.717) is 0 Å². The summed E-state index contributed by atoms with van der Waals surface area (Å²) in [6.07, 6.45) is 7.10. The van der Waals surface area contributed by atoms with Gasteiger partial charge < -0.3 is 9.80 Å². The maximum atomic E-state index is 2.77. The van der Waals surface area contributed by atoms with Crippen molar-refractivity contribution in [3.05, 3.63) is 160 Å². The Balaban J connectivity index is 1.18. The third-order valence-electron chi connectivity index (χ3n) is 20.0. The molecule has 7 aromatic carbocycles. The van der Waals surface area contributed by atoms with Crippen LogP contribution >= 0.6 is 11.3 Å². The predicted molar refractivity (Wildman–Crippen MR) is 328 cm³/mol. The minimum absolute atomic E-state index is 0.0256. The zero-order chi connectivity index (χ0) is 52.9. The van der Waals surface area contributed by atoms with Crippen molar-refractivity contribution in [3.8, 4) is 11.1 Å². The highest BCUT2D eigenvalue weighted by Crippen LogP contribution is 2.56. The molecule has 382 valence electrons. The number of nitrogens with zero attached hydrogens (tertiary/aromatic N) is 2. The van der Waals surface area contributed by atoms with Crippen molar-refractivity contribution in [2.45, 2.75) is 187 Å². The zero-order valence-electron chi connectivity index (χ0n) is 48.1. The fourth-order valence-corrected chi connectivity index (χ4v) is 16.2. The van der Waals surface area contributed by atoms with Gasteiger partial charge in [0.15, 0.2) is 0 Å².